The van der Waals surface area contributed by atoms with Crippen LogP contribution in [0, 0.1) is 5.92 Å². The highest BCUT2D eigenvalue weighted by Gasteiger charge is 2.26. The standard InChI is InChI=1S/C14H23N5O/c1-4-16-13-8-15-7-12(17-13)14(20)18-11-5-6-19(3)9-10(11)2/h7-8,10-11H,4-6,9H2,1-3H3,(H,16,17)(H,18,20). The molecule has 6 nitrogen and oxygen atoms in total. The Labute approximate surface area is 120 Å². The molecule has 0 bridgehead atoms. The number of hydrogen-bond donors (Lipinski definition) is 2. The smallest absolute Gasteiger partial charge is 0.271 e. The van der Waals surface area contributed by atoms with Crippen molar-refractivity contribution >= 4 is 11.7 Å². The number of aromatic nitrogens is 2. The van der Waals surface area contributed by atoms with Gasteiger partial charge in [0.25, 0.3) is 5.91 Å². The van der Waals surface area contributed by atoms with Gasteiger partial charge >= 0.3 is 0 Å². The van der Waals surface area contributed by atoms with E-state index in [4.69, 9.17) is 0 Å². The van der Waals surface area contributed by atoms with Gasteiger partial charge in [0, 0.05) is 19.1 Å². The second-order valence-corrected chi connectivity index (χ2v) is 5.43. The van der Waals surface area contributed by atoms with Gasteiger partial charge < -0.3 is 15.5 Å². The van der Waals surface area contributed by atoms with Crippen molar-refractivity contribution in [2.24, 2.45) is 5.92 Å². The number of rotatable bonds is 4. The number of amides is 1. The first kappa shape index (κ1) is 14.7. The van der Waals surface area contributed by atoms with E-state index in [1.807, 2.05) is 6.92 Å². The number of likely N-dealkylation sites (tertiary alicyclic amines) is 1. The van der Waals surface area contributed by atoms with Crippen LogP contribution in [0.1, 0.15) is 30.8 Å². The van der Waals surface area contributed by atoms with Crippen LogP contribution < -0.4 is 10.6 Å². The molecule has 1 aromatic heterocycles. The van der Waals surface area contributed by atoms with E-state index in [0.717, 1.165) is 26.1 Å². The van der Waals surface area contributed by atoms with Gasteiger partial charge in [-0.05, 0) is 32.9 Å². The summed E-state index contributed by atoms with van der Waals surface area (Å²) in [7, 11) is 2.11. The van der Waals surface area contributed by atoms with Crippen LogP contribution in [0.3, 0.4) is 0 Å². The van der Waals surface area contributed by atoms with Crippen LogP contribution in [0.4, 0.5) is 5.82 Å². The quantitative estimate of drug-likeness (QED) is 0.858. The number of nitrogens with zero attached hydrogens (tertiary/aromatic N) is 3. The molecule has 1 aromatic rings. The summed E-state index contributed by atoms with van der Waals surface area (Å²) < 4.78 is 0. The summed E-state index contributed by atoms with van der Waals surface area (Å²) in [5.41, 5.74) is 0.370. The van der Waals surface area contributed by atoms with Crippen LogP contribution in [0.5, 0.6) is 0 Å². The van der Waals surface area contributed by atoms with Crippen LogP contribution in [0.2, 0.25) is 0 Å². The minimum Gasteiger partial charge on any atom is -0.369 e. The molecule has 1 aliphatic rings. The molecule has 2 rings (SSSR count). The van der Waals surface area contributed by atoms with E-state index < -0.39 is 0 Å². The molecule has 2 atom stereocenters. The van der Waals surface area contributed by atoms with Gasteiger partial charge in [0.2, 0.25) is 0 Å². The maximum atomic E-state index is 12.2. The summed E-state index contributed by atoms with van der Waals surface area (Å²) in [6.07, 6.45) is 4.11. The summed E-state index contributed by atoms with van der Waals surface area (Å²) in [5, 5.41) is 6.14. The van der Waals surface area contributed by atoms with Gasteiger partial charge in [0.05, 0.1) is 12.4 Å². The third-order valence-corrected chi connectivity index (χ3v) is 3.65. The fourth-order valence-corrected chi connectivity index (χ4v) is 2.55. The van der Waals surface area contributed by atoms with E-state index in [2.05, 4.69) is 39.5 Å². The number of nitrogens with one attached hydrogen (secondary N) is 2. The molecule has 1 aliphatic heterocycles. The van der Waals surface area contributed by atoms with Crippen molar-refractivity contribution in [3.63, 3.8) is 0 Å². The molecule has 0 aliphatic carbocycles. The van der Waals surface area contributed by atoms with Gasteiger partial charge in [-0.2, -0.15) is 0 Å². The van der Waals surface area contributed by atoms with Crippen molar-refractivity contribution in [3.05, 3.63) is 18.1 Å². The molecule has 1 fully saturated rings. The summed E-state index contributed by atoms with van der Waals surface area (Å²) >= 11 is 0. The zero-order chi connectivity index (χ0) is 14.5. The highest BCUT2D eigenvalue weighted by Crippen LogP contribution is 2.15. The third-order valence-electron chi connectivity index (χ3n) is 3.65. The number of carbonyl (C=O) groups is 1. The fraction of sp³-hybridized carbons (Fsp3) is 0.643. The molecule has 1 amide bonds. The molecule has 0 saturated carbocycles. The average molecular weight is 277 g/mol. The zero-order valence-corrected chi connectivity index (χ0v) is 12.4. The molecule has 2 unspecified atom stereocenters. The lowest BCUT2D eigenvalue weighted by Crippen LogP contribution is -2.49. The molecule has 2 N–H and O–H groups in total. The van der Waals surface area contributed by atoms with E-state index in [-0.39, 0.29) is 11.9 Å². The van der Waals surface area contributed by atoms with Gasteiger partial charge in [0.1, 0.15) is 11.5 Å². The Balaban J connectivity index is 1.99. The Hall–Kier alpha value is -1.69. The van der Waals surface area contributed by atoms with Crippen molar-refractivity contribution in [2.75, 3.05) is 32.0 Å². The van der Waals surface area contributed by atoms with Crippen molar-refractivity contribution in [2.45, 2.75) is 26.3 Å². The van der Waals surface area contributed by atoms with Crippen molar-refractivity contribution in [3.8, 4) is 0 Å². The van der Waals surface area contributed by atoms with Crippen molar-refractivity contribution in [1.82, 2.24) is 20.2 Å². The molecule has 0 spiro atoms. The predicted octanol–water partition coefficient (Wildman–Crippen LogP) is 0.978. The van der Waals surface area contributed by atoms with Gasteiger partial charge in [-0.1, -0.05) is 6.92 Å². The summed E-state index contributed by atoms with van der Waals surface area (Å²) in [6, 6.07) is 0.211. The Morgan fingerprint density at radius 1 is 1.50 bits per heavy atom. The molecule has 1 saturated heterocycles. The minimum absolute atomic E-state index is 0.140. The number of anilines is 1. The second-order valence-electron chi connectivity index (χ2n) is 5.43. The van der Waals surface area contributed by atoms with Gasteiger partial charge in [-0.3, -0.25) is 9.78 Å². The molecule has 20 heavy (non-hydrogen) atoms. The lowest BCUT2D eigenvalue weighted by Gasteiger charge is -2.35. The first-order chi connectivity index (χ1) is 9.60. The van der Waals surface area contributed by atoms with E-state index >= 15 is 0 Å². The topological polar surface area (TPSA) is 70.2 Å². The van der Waals surface area contributed by atoms with Gasteiger partial charge in [-0.15, -0.1) is 0 Å². The second kappa shape index (κ2) is 6.65. The maximum Gasteiger partial charge on any atom is 0.271 e. The van der Waals surface area contributed by atoms with Crippen LogP contribution in [0.15, 0.2) is 12.4 Å². The minimum atomic E-state index is -0.140. The first-order valence-corrected chi connectivity index (χ1v) is 7.15. The van der Waals surface area contributed by atoms with Crippen molar-refractivity contribution in [1.29, 1.82) is 0 Å². The lowest BCUT2D eigenvalue weighted by atomic mass is 9.94. The Morgan fingerprint density at radius 2 is 2.30 bits per heavy atom. The summed E-state index contributed by atoms with van der Waals surface area (Å²) in [4.78, 5) is 22.9. The SMILES string of the molecule is CCNc1cncc(C(=O)NC2CCN(C)CC2C)n1. The van der Waals surface area contributed by atoms with Crippen LogP contribution in [0.25, 0.3) is 0 Å². The van der Waals surface area contributed by atoms with Crippen molar-refractivity contribution < 1.29 is 4.79 Å². The Kier molecular flexibility index (Phi) is 4.89. The average Bonchev–Trinajstić information content (AvgIpc) is 2.42. The molecule has 110 valence electrons. The first-order valence-electron chi connectivity index (χ1n) is 7.15. The zero-order valence-electron chi connectivity index (χ0n) is 12.4. The Bertz CT molecular complexity index is 465. The van der Waals surface area contributed by atoms with Gasteiger partial charge in [-0.25, -0.2) is 4.98 Å². The van der Waals surface area contributed by atoms with E-state index in [0.29, 0.717) is 17.4 Å². The molecule has 0 aromatic carbocycles. The largest absolute Gasteiger partial charge is 0.369 e. The number of piperidine rings is 1. The molecule has 0 radical (unpaired) electrons. The van der Waals surface area contributed by atoms with E-state index in [9.17, 15) is 4.79 Å². The maximum absolute atomic E-state index is 12.2. The predicted molar refractivity (Wildman–Crippen MR) is 78.7 cm³/mol. The molecule has 6 heteroatoms. The van der Waals surface area contributed by atoms with Crippen LogP contribution >= 0.6 is 0 Å². The van der Waals surface area contributed by atoms with Crippen LogP contribution in [-0.4, -0.2) is 53.5 Å². The third kappa shape index (κ3) is 3.66. The van der Waals surface area contributed by atoms with Crippen LogP contribution in [-0.2, 0) is 0 Å². The lowest BCUT2D eigenvalue weighted by molar-refractivity contribution is 0.0878. The van der Waals surface area contributed by atoms with E-state index in [1.54, 1.807) is 6.20 Å². The number of hydrogen-bond acceptors (Lipinski definition) is 5. The summed E-state index contributed by atoms with van der Waals surface area (Å²) in [6.45, 7) is 6.92. The fourth-order valence-electron chi connectivity index (χ4n) is 2.55. The highest BCUT2D eigenvalue weighted by atomic mass is 16.2. The van der Waals surface area contributed by atoms with Gasteiger partial charge in [0.15, 0.2) is 0 Å². The summed E-state index contributed by atoms with van der Waals surface area (Å²) in [5.74, 6) is 0.942. The normalized spacial score (nSPS) is 23.4. The number of carbonyl (C=O) groups excluding carboxylic acids is 1. The molecule has 2 heterocycles. The Morgan fingerprint density at radius 3 is 3.00 bits per heavy atom. The van der Waals surface area contributed by atoms with E-state index in [1.165, 1.54) is 6.20 Å². The molecular formula is C14H23N5O. The monoisotopic (exact) mass is 277 g/mol. The highest BCUT2D eigenvalue weighted by molar-refractivity contribution is 5.92. The molecular weight excluding hydrogens is 254 g/mol.